The van der Waals surface area contributed by atoms with Crippen LogP contribution in [0.15, 0.2) is 18.2 Å². The van der Waals surface area contributed by atoms with Crippen molar-refractivity contribution in [2.24, 2.45) is 0 Å². The number of anilines is 1. The van der Waals surface area contributed by atoms with Crippen molar-refractivity contribution in [3.05, 3.63) is 29.3 Å². The molecule has 4 nitrogen and oxygen atoms in total. The maximum atomic E-state index is 12.9. The second-order valence-corrected chi connectivity index (χ2v) is 5.97. The van der Waals surface area contributed by atoms with Crippen LogP contribution >= 0.6 is 0 Å². The molecule has 0 aromatic heterocycles. The van der Waals surface area contributed by atoms with Crippen LogP contribution in [-0.2, 0) is 6.42 Å². The van der Waals surface area contributed by atoms with Gasteiger partial charge in [0.15, 0.2) is 0 Å². The third-order valence-electron chi connectivity index (χ3n) is 3.90. The van der Waals surface area contributed by atoms with Crippen LogP contribution in [0.4, 0.5) is 5.69 Å². The number of aryl methyl sites for hydroxylation is 1. The lowest BCUT2D eigenvalue weighted by molar-refractivity contribution is 0.0745. The Hall–Kier alpha value is -1.55. The number of hydrogen-bond donors (Lipinski definition) is 1. The minimum absolute atomic E-state index is 0.157. The Balaban J connectivity index is 2.20. The van der Waals surface area contributed by atoms with Gasteiger partial charge >= 0.3 is 0 Å². The lowest BCUT2D eigenvalue weighted by Crippen LogP contribution is -2.37. The average molecular weight is 289 g/mol. The van der Waals surface area contributed by atoms with E-state index in [1.54, 1.807) is 0 Å². The Morgan fingerprint density at radius 2 is 2.05 bits per heavy atom. The number of carbonyl (C=O) groups excluding carboxylic acids is 1. The molecule has 21 heavy (non-hydrogen) atoms. The second kappa shape index (κ2) is 7.46. The Morgan fingerprint density at radius 1 is 1.24 bits per heavy atom. The van der Waals surface area contributed by atoms with Crippen molar-refractivity contribution in [2.45, 2.75) is 26.2 Å². The number of fused-ring (bicyclic) bond motifs is 1. The molecule has 2 rings (SSSR count). The van der Waals surface area contributed by atoms with Gasteiger partial charge in [0.05, 0.1) is 11.3 Å². The van der Waals surface area contributed by atoms with Gasteiger partial charge in [0.25, 0.3) is 5.91 Å². The molecule has 0 atom stereocenters. The first-order valence-electron chi connectivity index (χ1n) is 7.93. The molecule has 116 valence electrons. The molecule has 0 unspecified atom stereocenters. The molecule has 1 amide bonds. The van der Waals surface area contributed by atoms with Crippen molar-refractivity contribution in [2.75, 3.05) is 45.6 Å². The van der Waals surface area contributed by atoms with Crippen molar-refractivity contribution >= 4 is 11.6 Å². The minimum atomic E-state index is 0.157. The molecule has 0 fully saturated rings. The van der Waals surface area contributed by atoms with Crippen LogP contribution < -0.4 is 5.32 Å². The number of likely N-dealkylation sites (N-methyl/N-ethyl adjacent to an activating group) is 1. The predicted molar refractivity (Wildman–Crippen MR) is 88.0 cm³/mol. The molecule has 0 bridgehead atoms. The number of rotatable bonds is 6. The highest BCUT2D eigenvalue weighted by atomic mass is 16.2. The zero-order valence-electron chi connectivity index (χ0n) is 13.5. The van der Waals surface area contributed by atoms with Gasteiger partial charge in [-0.05, 0) is 45.0 Å². The minimum Gasteiger partial charge on any atom is -0.384 e. The molecule has 1 aromatic carbocycles. The lowest BCUT2D eigenvalue weighted by Gasteiger charge is -2.27. The van der Waals surface area contributed by atoms with Crippen LogP contribution in [0.2, 0.25) is 0 Å². The van der Waals surface area contributed by atoms with Gasteiger partial charge in [-0.15, -0.1) is 0 Å². The van der Waals surface area contributed by atoms with Crippen molar-refractivity contribution in [1.82, 2.24) is 9.80 Å². The van der Waals surface area contributed by atoms with Crippen LogP contribution in [0.5, 0.6) is 0 Å². The third kappa shape index (κ3) is 3.97. The summed E-state index contributed by atoms with van der Waals surface area (Å²) in [6.45, 7) is 5.57. The van der Waals surface area contributed by atoms with Gasteiger partial charge in [-0.25, -0.2) is 0 Å². The SMILES string of the molecule is CCCN(CCN(C)C)C(=O)c1cccc2c1NCCC2. The van der Waals surface area contributed by atoms with Gasteiger partial charge in [0.2, 0.25) is 0 Å². The van der Waals surface area contributed by atoms with Crippen molar-refractivity contribution in [1.29, 1.82) is 0 Å². The number of nitrogens with one attached hydrogen (secondary N) is 1. The number of benzene rings is 1. The molecule has 0 radical (unpaired) electrons. The van der Waals surface area contributed by atoms with Crippen LogP contribution in [0, 0.1) is 0 Å². The normalized spacial score (nSPS) is 13.7. The third-order valence-corrected chi connectivity index (χ3v) is 3.90. The van der Waals surface area contributed by atoms with Gasteiger partial charge in [-0.1, -0.05) is 19.1 Å². The van der Waals surface area contributed by atoms with Gasteiger partial charge in [-0.2, -0.15) is 0 Å². The number of carbonyl (C=O) groups is 1. The molecular weight excluding hydrogens is 262 g/mol. The summed E-state index contributed by atoms with van der Waals surface area (Å²) in [7, 11) is 4.08. The van der Waals surface area contributed by atoms with Gasteiger partial charge in [-0.3, -0.25) is 4.79 Å². The molecule has 1 aliphatic rings. The Morgan fingerprint density at radius 3 is 2.76 bits per heavy atom. The Bertz CT molecular complexity index is 485. The van der Waals surface area contributed by atoms with E-state index in [-0.39, 0.29) is 5.91 Å². The maximum absolute atomic E-state index is 12.9. The molecule has 1 N–H and O–H groups in total. The van der Waals surface area contributed by atoms with Crippen LogP contribution in [-0.4, -0.2) is 56.0 Å². The molecule has 0 spiro atoms. The summed E-state index contributed by atoms with van der Waals surface area (Å²) in [4.78, 5) is 17.0. The molecule has 0 aliphatic carbocycles. The fraction of sp³-hybridized carbons (Fsp3) is 0.588. The van der Waals surface area contributed by atoms with E-state index in [0.717, 1.165) is 56.7 Å². The van der Waals surface area contributed by atoms with E-state index in [4.69, 9.17) is 0 Å². The van der Waals surface area contributed by atoms with Gasteiger partial charge in [0, 0.05) is 26.2 Å². The summed E-state index contributed by atoms with van der Waals surface area (Å²) in [6, 6.07) is 6.09. The van der Waals surface area contributed by atoms with Gasteiger partial charge < -0.3 is 15.1 Å². The lowest BCUT2D eigenvalue weighted by atomic mass is 9.98. The summed E-state index contributed by atoms with van der Waals surface area (Å²) < 4.78 is 0. The van der Waals surface area contributed by atoms with Crippen molar-refractivity contribution in [3.8, 4) is 0 Å². The largest absolute Gasteiger partial charge is 0.384 e. The second-order valence-electron chi connectivity index (χ2n) is 5.97. The summed E-state index contributed by atoms with van der Waals surface area (Å²) >= 11 is 0. The number of para-hydroxylation sites is 1. The summed E-state index contributed by atoms with van der Waals surface area (Å²) in [5, 5.41) is 3.42. The molecule has 0 saturated carbocycles. The summed E-state index contributed by atoms with van der Waals surface area (Å²) in [5.74, 6) is 0.157. The first kappa shape index (κ1) is 15.8. The van der Waals surface area contributed by atoms with Crippen LogP contribution in [0.1, 0.15) is 35.7 Å². The monoisotopic (exact) mass is 289 g/mol. The Labute approximate surface area is 128 Å². The van der Waals surface area contributed by atoms with Crippen molar-refractivity contribution in [3.63, 3.8) is 0 Å². The topological polar surface area (TPSA) is 35.6 Å². The van der Waals surface area contributed by atoms with Crippen molar-refractivity contribution < 1.29 is 4.79 Å². The summed E-state index contributed by atoms with van der Waals surface area (Å²) in [6.07, 6.45) is 3.19. The molecule has 1 aliphatic heterocycles. The fourth-order valence-corrected chi connectivity index (χ4v) is 2.76. The van der Waals surface area contributed by atoms with Crippen LogP contribution in [0.3, 0.4) is 0 Å². The highest BCUT2D eigenvalue weighted by Crippen LogP contribution is 2.27. The average Bonchev–Trinajstić information content (AvgIpc) is 2.50. The predicted octanol–water partition coefficient (Wildman–Crippen LogP) is 2.46. The van der Waals surface area contributed by atoms with E-state index in [1.165, 1.54) is 5.56 Å². The molecule has 0 saturated heterocycles. The zero-order chi connectivity index (χ0) is 15.2. The molecule has 1 heterocycles. The number of amides is 1. The van der Waals surface area contributed by atoms with E-state index < -0.39 is 0 Å². The quantitative estimate of drug-likeness (QED) is 0.874. The smallest absolute Gasteiger partial charge is 0.256 e. The first-order valence-corrected chi connectivity index (χ1v) is 7.93. The van der Waals surface area contributed by atoms with E-state index in [2.05, 4.69) is 23.2 Å². The van der Waals surface area contributed by atoms with E-state index in [0.29, 0.717) is 0 Å². The number of hydrogen-bond acceptors (Lipinski definition) is 3. The molecule has 1 aromatic rings. The standard InChI is InChI=1S/C17H27N3O/c1-4-11-20(13-12-19(2)3)17(21)15-9-5-7-14-8-6-10-18-16(14)15/h5,7,9,18H,4,6,8,10-13H2,1-3H3. The Kier molecular flexibility index (Phi) is 5.62. The fourth-order valence-electron chi connectivity index (χ4n) is 2.76. The number of nitrogens with zero attached hydrogens (tertiary/aromatic N) is 2. The van der Waals surface area contributed by atoms with E-state index in [1.807, 2.05) is 31.1 Å². The van der Waals surface area contributed by atoms with E-state index in [9.17, 15) is 4.79 Å². The summed E-state index contributed by atoms with van der Waals surface area (Å²) in [5.41, 5.74) is 3.16. The molecule has 4 heteroatoms. The van der Waals surface area contributed by atoms with Crippen LogP contribution in [0.25, 0.3) is 0 Å². The van der Waals surface area contributed by atoms with E-state index >= 15 is 0 Å². The molecular formula is C17H27N3O. The first-order chi connectivity index (χ1) is 10.1. The highest BCUT2D eigenvalue weighted by Gasteiger charge is 2.21. The van der Waals surface area contributed by atoms with Gasteiger partial charge in [0.1, 0.15) is 0 Å². The zero-order valence-corrected chi connectivity index (χ0v) is 13.5. The maximum Gasteiger partial charge on any atom is 0.256 e. The highest BCUT2D eigenvalue weighted by molar-refractivity contribution is 6.00.